The highest BCUT2D eigenvalue weighted by atomic mass is 19.4. The van der Waals surface area contributed by atoms with E-state index in [1.807, 2.05) is 6.92 Å². The minimum Gasteiger partial charge on any atom is -0.351 e. The second-order valence-electron chi connectivity index (χ2n) is 4.74. The van der Waals surface area contributed by atoms with E-state index >= 15 is 0 Å². The fraction of sp³-hybridized carbons (Fsp3) is 0.267. The molecule has 0 unspecified atom stereocenters. The van der Waals surface area contributed by atoms with Gasteiger partial charge >= 0.3 is 6.18 Å². The third kappa shape index (κ3) is 4.67. The predicted molar refractivity (Wildman–Crippen MR) is 79.4 cm³/mol. The normalized spacial score (nSPS) is 11.1. The standard InChI is InChI=1S/C15H15F3N4O/c1-2-7-19-14(23)12-8-21-13(9-20-12)22-11-5-3-10(4-6-11)15(16,17)18/h3-6,8-9H,2,7H2,1H3,(H,19,23)(H,21,22). The smallest absolute Gasteiger partial charge is 0.351 e. The van der Waals surface area contributed by atoms with E-state index in [1.165, 1.54) is 24.5 Å². The van der Waals surface area contributed by atoms with Crippen molar-refractivity contribution in [2.45, 2.75) is 19.5 Å². The van der Waals surface area contributed by atoms with E-state index in [9.17, 15) is 18.0 Å². The second kappa shape index (κ2) is 7.08. The molecule has 2 aromatic rings. The Labute approximate surface area is 131 Å². The van der Waals surface area contributed by atoms with Crippen molar-refractivity contribution in [1.82, 2.24) is 15.3 Å². The SMILES string of the molecule is CCCNC(=O)c1cnc(Nc2ccc(C(F)(F)F)cc2)cn1. The van der Waals surface area contributed by atoms with Gasteiger partial charge in [0.15, 0.2) is 0 Å². The topological polar surface area (TPSA) is 66.9 Å². The molecule has 0 aliphatic rings. The van der Waals surface area contributed by atoms with Crippen molar-refractivity contribution in [3.63, 3.8) is 0 Å². The molecule has 0 fully saturated rings. The first-order valence-electron chi connectivity index (χ1n) is 6.94. The molecule has 5 nitrogen and oxygen atoms in total. The molecule has 0 saturated carbocycles. The third-order valence-corrected chi connectivity index (χ3v) is 2.90. The van der Waals surface area contributed by atoms with E-state index in [0.29, 0.717) is 18.1 Å². The van der Waals surface area contributed by atoms with Gasteiger partial charge in [-0.1, -0.05) is 6.92 Å². The summed E-state index contributed by atoms with van der Waals surface area (Å²) in [5.74, 6) is 0.0113. The van der Waals surface area contributed by atoms with Gasteiger partial charge in [-0.25, -0.2) is 9.97 Å². The molecule has 0 aliphatic heterocycles. The average molecular weight is 324 g/mol. The van der Waals surface area contributed by atoms with Crippen LogP contribution in [0.25, 0.3) is 0 Å². The molecule has 8 heteroatoms. The zero-order valence-corrected chi connectivity index (χ0v) is 12.3. The number of halogens is 3. The second-order valence-corrected chi connectivity index (χ2v) is 4.74. The highest BCUT2D eigenvalue weighted by molar-refractivity contribution is 5.92. The zero-order valence-electron chi connectivity index (χ0n) is 12.3. The minimum atomic E-state index is -4.37. The van der Waals surface area contributed by atoms with Crippen molar-refractivity contribution < 1.29 is 18.0 Å². The van der Waals surface area contributed by atoms with Crippen LogP contribution in [0.3, 0.4) is 0 Å². The van der Waals surface area contributed by atoms with Crippen LogP contribution < -0.4 is 10.6 Å². The molecule has 0 bridgehead atoms. The highest BCUT2D eigenvalue weighted by Crippen LogP contribution is 2.30. The molecular weight excluding hydrogens is 309 g/mol. The number of nitrogens with zero attached hydrogens (tertiary/aromatic N) is 2. The molecule has 122 valence electrons. The summed E-state index contributed by atoms with van der Waals surface area (Å²) in [4.78, 5) is 19.6. The summed E-state index contributed by atoms with van der Waals surface area (Å²) in [7, 11) is 0. The molecule has 23 heavy (non-hydrogen) atoms. The number of nitrogens with one attached hydrogen (secondary N) is 2. The lowest BCUT2D eigenvalue weighted by Crippen LogP contribution is -2.25. The molecule has 1 amide bonds. The molecule has 2 rings (SSSR count). The number of alkyl halides is 3. The first kappa shape index (κ1) is 16.7. The summed E-state index contributed by atoms with van der Waals surface area (Å²) in [5, 5.41) is 5.49. The highest BCUT2D eigenvalue weighted by Gasteiger charge is 2.29. The summed E-state index contributed by atoms with van der Waals surface area (Å²) >= 11 is 0. The molecule has 0 atom stereocenters. The number of benzene rings is 1. The lowest BCUT2D eigenvalue weighted by atomic mass is 10.2. The van der Waals surface area contributed by atoms with Gasteiger partial charge in [0, 0.05) is 12.2 Å². The number of carbonyl (C=O) groups is 1. The Morgan fingerprint density at radius 2 is 1.83 bits per heavy atom. The van der Waals surface area contributed by atoms with Gasteiger partial charge in [-0.3, -0.25) is 4.79 Å². The van der Waals surface area contributed by atoms with Crippen LogP contribution in [0, 0.1) is 0 Å². The van der Waals surface area contributed by atoms with Crippen LogP contribution in [0.4, 0.5) is 24.7 Å². The van der Waals surface area contributed by atoms with Gasteiger partial charge in [0.2, 0.25) is 0 Å². The van der Waals surface area contributed by atoms with Crippen LogP contribution in [0.15, 0.2) is 36.7 Å². The van der Waals surface area contributed by atoms with E-state index in [4.69, 9.17) is 0 Å². The minimum absolute atomic E-state index is 0.177. The van der Waals surface area contributed by atoms with E-state index in [1.54, 1.807) is 0 Å². The zero-order chi connectivity index (χ0) is 16.9. The van der Waals surface area contributed by atoms with Crippen molar-refractivity contribution in [3.05, 3.63) is 47.9 Å². The van der Waals surface area contributed by atoms with E-state index < -0.39 is 11.7 Å². The van der Waals surface area contributed by atoms with Gasteiger partial charge in [0.05, 0.1) is 18.0 Å². The van der Waals surface area contributed by atoms with Crippen molar-refractivity contribution in [2.75, 3.05) is 11.9 Å². The van der Waals surface area contributed by atoms with Gasteiger partial charge in [-0.05, 0) is 30.7 Å². The summed E-state index contributed by atoms with van der Waals surface area (Å²) in [6.07, 6.45) is -0.908. The molecule has 2 N–H and O–H groups in total. The monoisotopic (exact) mass is 324 g/mol. The molecule has 0 spiro atoms. The number of hydrogen-bond donors (Lipinski definition) is 2. The van der Waals surface area contributed by atoms with Gasteiger partial charge in [0.25, 0.3) is 5.91 Å². The molecule has 1 aromatic carbocycles. The van der Waals surface area contributed by atoms with Crippen molar-refractivity contribution in [1.29, 1.82) is 0 Å². The van der Waals surface area contributed by atoms with Crippen LogP contribution >= 0.6 is 0 Å². The Morgan fingerprint density at radius 1 is 1.13 bits per heavy atom. The first-order valence-corrected chi connectivity index (χ1v) is 6.94. The fourth-order valence-electron chi connectivity index (χ4n) is 1.73. The Balaban J connectivity index is 2.02. The number of amides is 1. The number of rotatable bonds is 5. The number of hydrogen-bond acceptors (Lipinski definition) is 4. The summed E-state index contributed by atoms with van der Waals surface area (Å²) in [6, 6.07) is 4.55. The number of anilines is 2. The van der Waals surface area contributed by atoms with Gasteiger partial charge in [-0.15, -0.1) is 0 Å². The first-order chi connectivity index (χ1) is 10.9. The molecule has 1 heterocycles. The van der Waals surface area contributed by atoms with E-state index in [2.05, 4.69) is 20.6 Å². The maximum absolute atomic E-state index is 12.5. The maximum atomic E-state index is 12.5. The Bertz CT molecular complexity index is 654. The molecule has 1 aromatic heterocycles. The number of carbonyl (C=O) groups excluding carboxylic acids is 1. The fourth-order valence-corrected chi connectivity index (χ4v) is 1.73. The third-order valence-electron chi connectivity index (χ3n) is 2.90. The number of aromatic nitrogens is 2. The van der Waals surface area contributed by atoms with Crippen molar-refractivity contribution in [2.24, 2.45) is 0 Å². The summed E-state index contributed by atoms with van der Waals surface area (Å²) < 4.78 is 37.4. The van der Waals surface area contributed by atoms with Gasteiger partial charge in [0.1, 0.15) is 11.5 Å². The van der Waals surface area contributed by atoms with Gasteiger partial charge in [-0.2, -0.15) is 13.2 Å². The lowest BCUT2D eigenvalue weighted by Gasteiger charge is -2.09. The lowest BCUT2D eigenvalue weighted by molar-refractivity contribution is -0.137. The van der Waals surface area contributed by atoms with Crippen LogP contribution in [0.5, 0.6) is 0 Å². The van der Waals surface area contributed by atoms with Crippen molar-refractivity contribution in [3.8, 4) is 0 Å². The summed E-state index contributed by atoms with van der Waals surface area (Å²) in [6.45, 7) is 2.48. The van der Waals surface area contributed by atoms with Crippen molar-refractivity contribution >= 4 is 17.4 Å². The predicted octanol–water partition coefficient (Wildman–Crippen LogP) is 3.38. The van der Waals surface area contributed by atoms with Crippen LogP contribution in [-0.4, -0.2) is 22.4 Å². The van der Waals surface area contributed by atoms with Crippen LogP contribution in [0.2, 0.25) is 0 Å². The summed E-state index contributed by atoms with van der Waals surface area (Å²) in [5.41, 5.74) is -0.107. The molecular formula is C15H15F3N4O. The molecule has 0 radical (unpaired) electrons. The quantitative estimate of drug-likeness (QED) is 0.885. The maximum Gasteiger partial charge on any atom is 0.416 e. The molecule has 0 saturated heterocycles. The largest absolute Gasteiger partial charge is 0.416 e. The average Bonchev–Trinajstić information content (AvgIpc) is 2.53. The van der Waals surface area contributed by atoms with Crippen LogP contribution in [0.1, 0.15) is 29.4 Å². The molecule has 0 aliphatic carbocycles. The van der Waals surface area contributed by atoms with E-state index in [-0.39, 0.29) is 11.6 Å². The van der Waals surface area contributed by atoms with Crippen LogP contribution in [-0.2, 0) is 6.18 Å². The van der Waals surface area contributed by atoms with Gasteiger partial charge < -0.3 is 10.6 Å². The Hall–Kier alpha value is -2.64. The Morgan fingerprint density at radius 3 is 2.35 bits per heavy atom. The van der Waals surface area contributed by atoms with E-state index in [0.717, 1.165) is 18.6 Å². The Kier molecular flexibility index (Phi) is 5.15.